The van der Waals surface area contributed by atoms with Crippen molar-refractivity contribution in [3.05, 3.63) is 70.3 Å². The zero-order valence-electron chi connectivity index (χ0n) is 19.2. The summed E-state index contributed by atoms with van der Waals surface area (Å²) in [6.45, 7) is 6.66. The first-order valence-corrected chi connectivity index (χ1v) is 11.9. The van der Waals surface area contributed by atoms with E-state index in [1.54, 1.807) is 53.4 Å². The Morgan fingerprint density at radius 3 is 2.56 bits per heavy atom. The highest BCUT2D eigenvalue weighted by Gasteiger charge is 2.45. The number of ketones is 1. The van der Waals surface area contributed by atoms with E-state index in [0.29, 0.717) is 49.1 Å². The number of nitrogens with zero attached hydrogens (tertiary/aromatic N) is 2. The summed E-state index contributed by atoms with van der Waals surface area (Å²) < 4.78 is 10.9. The maximum absolute atomic E-state index is 13.2. The highest BCUT2D eigenvalue weighted by molar-refractivity contribution is 6.46. The molecule has 2 fully saturated rings. The van der Waals surface area contributed by atoms with Gasteiger partial charge in [-0.05, 0) is 43.2 Å². The van der Waals surface area contributed by atoms with Gasteiger partial charge in [0.2, 0.25) is 0 Å². The molecule has 2 saturated heterocycles. The molecule has 0 radical (unpaired) electrons. The Kier molecular flexibility index (Phi) is 7.88. The number of benzene rings is 2. The molecule has 8 heteroatoms. The van der Waals surface area contributed by atoms with Gasteiger partial charge in [-0.2, -0.15) is 0 Å². The van der Waals surface area contributed by atoms with Crippen molar-refractivity contribution in [2.45, 2.75) is 19.4 Å². The van der Waals surface area contributed by atoms with Crippen molar-refractivity contribution < 1.29 is 24.2 Å². The summed E-state index contributed by atoms with van der Waals surface area (Å²) >= 11 is 6.09. The number of likely N-dealkylation sites (tertiary alicyclic amines) is 1. The lowest BCUT2D eigenvalue weighted by Crippen LogP contribution is -2.38. The van der Waals surface area contributed by atoms with Crippen molar-refractivity contribution in [1.82, 2.24) is 9.80 Å². The number of carbonyl (C=O) groups is 2. The molecule has 1 N–H and O–H groups in total. The Hall–Kier alpha value is -2.87. The van der Waals surface area contributed by atoms with E-state index < -0.39 is 17.7 Å². The van der Waals surface area contributed by atoms with Crippen LogP contribution in [0.2, 0.25) is 5.02 Å². The Morgan fingerprint density at radius 2 is 1.85 bits per heavy atom. The van der Waals surface area contributed by atoms with E-state index in [9.17, 15) is 14.7 Å². The van der Waals surface area contributed by atoms with Gasteiger partial charge >= 0.3 is 0 Å². The number of aliphatic hydroxyl groups excluding tert-OH is 1. The number of halogens is 1. The summed E-state index contributed by atoms with van der Waals surface area (Å²) in [4.78, 5) is 30.1. The Bertz CT molecular complexity index is 1060. The largest absolute Gasteiger partial charge is 0.507 e. The van der Waals surface area contributed by atoms with Crippen LogP contribution in [0, 0.1) is 0 Å². The molecule has 34 heavy (non-hydrogen) atoms. The summed E-state index contributed by atoms with van der Waals surface area (Å²) in [6, 6.07) is 13.2. The Morgan fingerprint density at radius 1 is 1.12 bits per heavy atom. The molecule has 1 atom stereocenters. The van der Waals surface area contributed by atoms with Crippen LogP contribution in [0.15, 0.2) is 54.1 Å². The molecular formula is C26H29ClN2O5. The Balaban J connectivity index is 1.67. The highest BCUT2D eigenvalue weighted by Crippen LogP contribution is 2.40. The minimum absolute atomic E-state index is 0.0762. The van der Waals surface area contributed by atoms with E-state index in [-0.39, 0.29) is 11.3 Å². The van der Waals surface area contributed by atoms with Crippen molar-refractivity contribution in [3.8, 4) is 5.75 Å². The minimum atomic E-state index is -0.697. The average molecular weight is 485 g/mol. The summed E-state index contributed by atoms with van der Waals surface area (Å²) in [5, 5.41) is 11.8. The molecule has 2 aromatic carbocycles. The standard InChI is InChI=1S/C26H29ClN2O5/c1-2-34-21-6-3-5-19(17-21)24(30)22-23(18-7-9-20(27)10-8-18)29(26(32)25(22)31)12-4-11-28-13-15-33-16-14-28/h3,5-10,17,23,30H,2,4,11-16H2,1H3/b24-22+. The van der Waals surface area contributed by atoms with E-state index in [1.807, 2.05) is 6.92 Å². The first kappa shape index (κ1) is 24.3. The average Bonchev–Trinajstić information content (AvgIpc) is 3.10. The summed E-state index contributed by atoms with van der Waals surface area (Å²) in [6.07, 6.45) is 0.705. The fraction of sp³-hybridized carbons (Fsp3) is 0.385. The molecule has 2 aromatic rings. The number of morpholine rings is 1. The van der Waals surface area contributed by atoms with Gasteiger partial charge < -0.3 is 19.5 Å². The molecule has 4 rings (SSSR count). The van der Waals surface area contributed by atoms with Crippen LogP contribution in [0.5, 0.6) is 5.75 Å². The first-order valence-electron chi connectivity index (χ1n) is 11.6. The third kappa shape index (κ3) is 5.27. The maximum atomic E-state index is 13.2. The van der Waals surface area contributed by atoms with Gasteiger partial charge in [0.1, 0.15) is 11.5 Å². The van der Waals surface area contributed by atoms with Gasteiger partial charge in [-0.3, -0.25) is 14.5 Å². The third-order valence-corrected chi connectivity index (χ3v) is 6.37. The second-order valence-corrected chi connectivity index (χ2v) is 8.75. The third-order valence-electron chi connectivity index (χ3n) is 6.12. The van der Waals surface area contributed by atoms with E-state index in [4.69, 9.17) is 21.1 Å². The lowest BCUT2D eigenvalue weighted by molar-refractivity contribution is -0.140. The van der Waals surface area contributed by atoms with Crippen molar-refractivity contribution in [2.75, 3.05) is 46.0 Å². The van der Waals surface area contributed by atoms with Crippen LogP contribution in [0.25, 0.3) is 5.76 Å². The molecule has 2 aliphatic rings. The van der Waals surface area contributed by atoms with Crippen molar-refractivity contribution in [3.63, 3.8) is 0 Å². The fourth-order valence-corrected chi connectivity index (χ4v) is 4.57. The molecule has 0 spiro atoms. The second kappa shape index (κ2) is 11.0. The van der Waals surface area contributed by atoms with Crippen LogP contribution in [0.4, 0.5) is 0 Å². The van der Waals surface area contributed by atoms with Gasteiger partial charge in [-0.1, -0.05) is 35.9 Å². The number of carbonyl (C=O) groups excluding carboxylic acids is 2. The van der Waals surface area contributed by atoms with Crippen LogP contribution in [-0.4, -0.2) is 72.6 Å². The molecule has 0 saturated carbocycles. The maximum Gasteiger partial charge on any atom is 0.295 e. The van der Waals surface area contributed by atoms with Gasteiger partial charge in [0.15, 0.2) is 0 Å². The van der Waals surface area contributed by atoms with Crippen LogP contribution < -0.4 is 4.74 Å². The van der Waals surface area contributed by atoms with Gasteiger partial charge in [0, 0.05) is 36.8 Å². The van der Waals surface area contributed by atoms with Crippen LogP contribution in [0.1, 0.15) is 30.5 Å². The van der Waals surface area contributed by atoms with Gasteiger partial charge in [-0.25, -0.2) is 0 Å². The predicted molar refractivity (Wildman–Crippen MR) is 130 cm³/mol. The van der Waals surface area contributed by atoms with Gasteiger partial charge in [0.05, 0.1) is 31.4 Å². The zero-order chi connectivity index (χ0) is 24.1. The smallest absolute Gasteiger partial charge is 0.295 e. The number of ether oxygens (including phenoxy) is 2. The monoisotopic (exact) mass is 484 g/mol. The topological polar surface area (TPSA) is 79.3 Å². The highest BCUT2D eigenvalue weighted by atomic mass is 35.5. The molecule has 0 aromatic heterocycles. The quantitative estimate of drug-likeness (QED) is 0.348. The predicted octanol–water partition coefficient (Wildman–Crippen LogP) is 3.88. The van der Waals surface area contributed by atoms with Gasteiger partial charge in [-0.15, -0.1) is 0 Å². The summed E-state index contributed by atoms with van der Waals surface area (Å²) in [5.41, 5.74) is 1.22. The van der Waals surface area contributed by atoms with Crippen LogP contribution in [0.3, 0.4) is 0 Å². The number of amides is 1. The lowest BCUT2D eigenvalue weighted by Gasteiger charge is -2.29. The van der Waals surface area contributed by atoms with Crippen LogP contribution >= 0.6 is 11.6 Å². The molecule has 2 aliphatic heterocycles. The van der Waals surface area contributed by atoms with Gasteiger partial charge in [0.25, 0.3) is 11.7 Å². The molecule has 0 bridgehead atoms. The van der Waals surface area contributed by atoms with E-state index in [1.165, 1.54) is 0 Å². The van der Waals surface area contributed by atoms with Crippen LogP contribution in [-0.2, 0) is 14.3 Å². The number of Topliss-reactive ketones (excluding diaryl/α,β-unsaturated/α-hetero) is 1. The number of rotatable bonds is 8. The molecule has 1 unspecified atom stereocenters. The molecule has 7 nitrogen and oxygen atoms in total. The van der Waals surface area contributed by atoms with E-state index in [0.717, 1.165) is 25.2 Å². The Labute approximate surface area is 204 Å². The molecular weight excluding hydrogens is 456 g/mol. The van der Waals surface area contributed by atoms with Crippen molar-refractivity contribution in [1.29, 1.82) is 0 Å². The number of hydrogen-bond donors (Lipinski definition) is 1. The zero-order valence-corrected chi connectivity index (χ0v) is 20.0. The van der Waals surface area contributed by atoms with E-state index >= 15 is 0 Å². The van der Waals surface area contributed by atoms with Crippen molar-refractivity contribution >= 4 is 29.1 Å². The first-order chi connectivity index (χ1) is 16.5. The fourth-order valence-electron chi connectivity index (χ4n) is 4.45. The normalized spacial score (nSPS) is 20.6. The van der Waals surface area contributed by atoms with Crippen molar-refractivity contribution in [2.24, 2.45) is 0 Å². The second-order valence-electron chi connectivity index (χ2n) is 8.31. The summed E-state index contributed by atoms with van der Waals surface area (Å²) in [5.74, 6) is -0.931. The SMILES string of the molecule is CCOc1cccc(/C(O)=C2\C(=O)C(=O)N(CCCN3CCOCC3)C2c2ccc(Cl)cc2)c1. The molecule has 1 amide bonds. The molecule has 2 heterocycles. The van der Waals surface area contributed by atoms with E-state index in [2.05, 4.69) is 4.90 Å². The number of aliphatic hydroxyl groups is 1. The molecule has 0 aliphatic carbocycles. The summed E-state index contributed by atoms with van der Waals surface area (Å²) in [7, 11) is 0. The lowest BCUT2D eigenvalue weighted by atomic mass is 9.95. The minimum Gasteiger partial charge on any atom is -0.507 e. The number of hydrogen-bond acceptors (Lipinski definition) is 6. The molecule has 180 valence electrons.